The van der Waals surface area contributed by atoms with E-state index in [0.29, 0.717) is 11.6 Å². The summed E-state index contributed by atoms with van der Waals surface area (Å²) in [5.74, 6) is 4.02. The average Bonchev–Trinajstić information content (AvgIpc) is 3.79. The van der Waals surface area contributed by atoms with E-state index in [1.165, 1.54) is 22.1 Å². The first kappa shape index (κ1) is 29.2. The van der Waals surface area contributed by atoms with Crippen LogP contribution in [0.25, 0.3) is 67.1 Å². The second-order valence-corrected chi connectivity index (χ2v) is 13.8. The maximum Gasteiger partial charge on any atom is 0.165 e. The molecule has 2 aromatic heterocycles. The molecule has 3 aliphatic rings. The van der Waals surface area contributed by atoms with E-state index < -0.39 is 0 Å². The number of hydrogen-bond donors (Lipinski definition) is 0. The molecule has 5 nitrogen and oxygen atoms in total. The number of allylic oxidation sites excluding steroid dienone is 5. The monoisotopic (exact) mass is 669 g/mol. The molecule has 0 bridgehead atoms. The van der Waals surface area contributed by atoms with Gasteiger partial charge in [0.15, 0.2) is 11.6 Å². The average molecular weight is 670 g/mol. The van der Waals surface area contributed by atoms with Crippen molar-refractivity contribution in [1.82, 2.24) is 15.0 Å². The van der Waals surface area contributed by atoms with Crippen LogP contribution in [0.3, 0.4) is 0 Å². The predicted molar refractivity (Wildman–Crippen MR) is 208 cm³/mol. The molecule has 246 valence electrons. The van der Waals surface area contributed by atoms with Gasteiger partial charge in [0.2, 0.25) is 0 Å². The molecule has 1 aliphatic heterocycles. The Bertz CT molecular complexity index is 2860. The van der Waals surface area contributed by atoms with Gasteiger partial charge in [-0.05, 0) is 70.6 Å². The standard InChI is InChI=1S/C47H31N3O2/c1-3-12-30-26-32(22-20-28(30)10-1)45-48-46(33-23-21-29-11-2-4-13-31(29)27-33)50-47(49-45)43-35(24-25-41-42(43)38-15-6-8-19-40(38)51-41)37-17-9-16-36-34-14-5-7-18-39(34)52-44(36)37/h1-15,17-26,33,36H,16,27H2. The minimum Gasteiger partial charge on any atom is -0.460 e. The van der Waals surface area contributed by atoms with Crippen LogP contribution in [0.15, 0.2) is 156 Å². The summed E-state index contributed by atoms with van der Waals surface area (Å²) in [5.41, 5.74) is 9.28. The molecule has 3 heterocycles. The highest BCUT2D eigenvalue weighted by Gasteiger charge is 2.34. The first-order valence-corrected chi connectivity index (χ1v) is 17.9. The van der Waals surface area contributed by atoms with Crippen molar-refractivity contribution in [3.63, 3.8) is 0 Å². The van der Waals surface area contributed by atoms with Crippen LogP contribution < -0.4 is 4.74 Å². The molecule has 0 amide bonds. The van der Waals surface area contributed by atoms with Gasteiger partial charge in [0.25, 0.3) is 0 Å². The Balaban J connectivity index is 1.19. The minimum atomic E-state index is -0.0201. The lowest BCUT2D eigenvalue weighted by atomic mass is 9.84. The quantitative estimate of drug-likeness (QED) is 0.187. The summed E-state index contributed by atoms with van der Waals surface area (Å²) in [6.45, 7) is 0. The first-order valence-electron chi connectivity index (χ1n) is 17.9. The van der Waals surface area contributed by atoms with E-state index in [9.17, 15) is 0 Å². The third kappa shape index (κ3) is 4.59. The van der Waals surface area contributed by atoms with Crippen molar-refractivity contribution in [2.45, 2.75) is 24.7 Å². The van der Waals surface area contributed by atoms with Crippen LogP contribution in [0.4, 0.5) is 0 Å². The third-order valence-electron chi connectivity index (χ3n) is 10.8. The van der Waals surface area contributed by atoms with Gasteiger partial charge in [0.05, 0.1) is 0 Å². The van der Waals surface area contributed by atoms with Gasteiger partial charge in [0, 0.05) is 44.9 Å². The third-order valence-corrected chi connectivity index (χ3v) is 10.8. The van der Waals surface area contributed by atoms with E-state index >= 15 is 0 Å². The number of rotatable bonds is 4. The van der Waals surface area contributed by atoms with Gasteiger partial charge < -0.3 is 9.15 Å². The molecule has 2 unspecified atom stereocenters. The number of hydrogen-bond acceptors (Lipinski definition) is 5. The smallest absolute Gasteiger partial charge is 0.165 e. The van der Waals surface area contributed by atoms with E-state index in [1.54, 1.807) is 0 Å². The highest BCUT2D eigenvalue weighted by molar-refractivity contribution is 6.14. The molecule has 0 spiro atoms. The lowest BCUT2D eigenvalue weighted by molar-refractivity contribution is 0.429. The number of ether oxygens (including phenoxy) is 1. The van der Waals surface area contributed by atoms with Crippen molar-refractivity contribution < 1.29 is 9.15 Å². The van der Waals surface area contributed by atoms with Gasteiger partial charge in [-0.3, -0.25) is 0 Å². The van der Waals surface area contributed by atoms with Crippen LogP contribution in [-0.2, 0) is 6.42 Å². The maximum atomic E-state index is 6.68. The molecule has 2 atom stereocenters. The largest absolute Gasteiger partial charge is 0.460 e. The molecular weight excluding hydrogens is 639 g/mol. The molecule has 6 aromatic carbocycles. The summed E-state index contributed by atoms with van der Waals surface area (Å²) in [6.07, 6.45) is 10.6. The Morgan fingerprint density at radius 3 is 2.46 bits per heavy atom. The lowest BCUT2D eigenvalue weighted by Crippen LogP contribution is -2.12. The highest BCUT2D eigenvalue weighted by atomic mass is 16.5. The van der Waals surface area contributed by atoms with Crippen LogP contribution in [0.1, 0.15) is 46.3 Å². The fraction of sp³-hybridized carbons (Fsp3) is 0.0851. The van der Waals surface area contributed by atoms with E-state index in [4.69, 9.17) is 24.1 Å². The SMILES string of the molecule is C1=CC(c2ccc3oc4ccccc4c3c2-c2nc(-c3ccc4ccccc4c3)nc(C3C=Cc4ccccc4C3)n2)=C2Oc3ccccc3C2C1. The Morgan fingerprint density at radius 2 is 1.48 bits per heavy atom. The topological polar surface area (TPSA) is 61.0 Å². The molecule has 0 saturated carbocycles. The van der Waals surface area contributed by atoms with Crippen molar-refractivity contribution in [2.75, 3.05) is 0 Å². The van der Waals surface area contributed by atoms with E-state index in [0.717, 1.165) is 79.8 Å². The van der Waals surface area contributed by atoms with Crippen molar-refractivity contribution in [3.8, 4) is 28.5 Å². The molecule has 0 fully saturated rings. The van der Waals surface area contributed by atoms with Gasteiger partial charge in [0.1, 0.15) is 28.5 Å². The number of para-hydroxylation sites is 2. The highest BCUT2D eigenvalue weighted by Crippen LogP contribution is 2.50. The van der Waals surface area contributed by atoms with E-state index in [-0.39, 0.29) is 11.8 Å². The van der Waals surface area contributed by atoms with Gasteiger partial charge in [-0.25, -0.2) is 15.0 Å². The van der Waals surface area contributed by atoms with Crippen molar-refractivity contribution in [3.05, 3.63) is 179 Å². The zero-order valence-corrected chi connectivity index (χ0v) is 28.2. The van der Waals surface area contributed by atoms with Crippen molar-refractivity contribution in [2.24, 2.45) is 0 Å². The van der Waals surface area contributed by atoms with Gasteiger partial charge in [-0.1, -0.05) is 121 Å². The fourth-order valence-electron chi connectivity index (χ4n) is 8.28. The summed E-state index contributed by atoms with van der Waals surface area (Å²) < 4.78 is 13.2. The second-order valence-electron chi connectivity index (χ2n) is 13.8. The number of fused-ring (bicyclic) bond motifs is 8. The predicted octanol–water partition coefficient (Wildman–Crippen LogP) is 11.5. The van der Waals surface area contributed by atoms with Crippen LogP contribution in [0.5, 0.6) is 5.75 Å². The Hall–Kier alpha value is -6.59. The number of benzene rings is 6. The van der Waals surface area contributed by atoms with Gasteiger partial charge >= 0.3 is 0 Å². The normalized spacial score (nSPS) is 17.4. The van der Waals surface area contributed by atoms with Crippen LogP contribution >= 0.6 is 0 Å². The van der Waals surface area contributed by atoms with Crippen molar-refractivity contribution in [1.29, 1.82) is 0 Å². The molecule has 2 aliphatic carbocycles. The Labute approximate surface area is 300 Å². The molecule has 8 aromatic rings. The van der Waals surface area contributed by atoms with E-state index in [2.05, 4.69) is 133 Å². The summed E-state index contributed by atoms with van der Waals surface area (Å²) in [7, 11) is 0. The molecule has 5 heteroatoms. The molecule has 52 heavy (non-hydrogen) atoms. The van der Waals surface area contributed by atoms with Crippen LogP contribution in [0.2, 0.25) is 0 Å². The Kier molecular flexibility index (Phi) is 6.44. The summed E-state index contributed by atoms with van der Waals surface area (Å²) >= 11 is 0. The summed E-state index contributed by atoms with van der Waals surface area (Å²) in [5, 5.41) is 4.32. The lowest BCUT2D eigenvalue weighted by Gasteiger charge is -2.21. The number of furan rings is 1. The fourth-order valence-corrected chi connectivity index (χ4v) is 8.28. The molecule has 11 rings (SSSR count). The van der Waals surface area contributed by atoms with E-state index in [1.807, 2.05) is 18.2 Å². The number of nitrogens with zero attached hydrogens (tertiary/aromatic N) is 3. The van der Waals surface area contributed by atoms with Gasteiger partial charge in [-0.2, -0.15) is 0 Å². The van der Waals surface area contributed by atoms with Crippen LogP contribution in [0, 0.1) is 0 Å². The Morgan fingerprint density at radius 1 is 0.654 bits per heavy atom. The summed E-state index contributed by atoms with van der Waals surface area (Å²) in [4.78, 5) is 16.0. The molecule has 0 radical (unpaired) electrons. The second kappa shape index (κ2) is 11.5. The zero-order chi connectivity index (χ0) is 34.2. The molecule has 0 N–H and O–H groups in total. The zero-order valence-electron chi connectivity index (χ0n) is 28.2. The van der Waals surface area contributed by atoms with Gasteiger partial charge in [-0.15, -0.1) is 0 Å². The van der Waals surface area contributed by atoms with Crippen LogP contribution in [-0.4, -0.2) is 15.0 Å². The van der Waals surface area contributed by atoms with Crippen molar-refractivity contribution >= 4 is 44.4 Å². The molecule has 0 saturated heterocycles. The number of aromatic nitrogens is 3. The minimum absolute atomic E-state index is 0.0201. The molecular formula is C47H31N3O2. The summed E-state index contributed by atoms with van der Waals surface area (Å²) in [6, 6.07) is 44.3. The maximum absolute atomic E-state index is 6.68. The first-order chi connectivity index (χ1) is 25.7.